The minimum Gasteiger partial charge on any atom is -0.335 e. The van der Waals surface area contributed by atoms with Crippen LogP contribution in [0.4, 0.5) is 14.9 Å². The van der Waals surface area contributed by atoms with Crippen LogP contribution >= 0.6 is 27.5 Å². The molecule has 0 radical (unpaired) electrons. The zero-order valence-corrected chi connectivity index (χ0v) is 17.0. The molecule has 142 valence electrons. The predicted molar refractivity (Wildman–Crippen MR) is 107 cm³/mol. The fraction of sp³-hybridized carbons (Fsp3) is 0.263. The first-order valence-corrected chi connectivity index (χ1v) is 9.57. The molecule has 8 heteroatoms. The number of hydrogen-bond acceptors (Lipinski definition) is 2. The molecule has 3 rings (SSSR count). The summed E-state index contributed by atoms with van der Waals surface area (Å²) in [4.78, 5) is 30.0. The average molecular weight is 455 g/mol. The lowest BCUT2D eigenvalue weighted by atomic mass is 10.1. The van der Waals surface area contributed by atoms with E-state index < -0.39 is 5.82 Å². The Bertz CT molecular complexity index is 872. The minimum atomic E-state index is -0.537. The second kappa shape index (κ2) is 8.27. The van der Waals surface area contributed by atoms with E-state index in [4.69, 9.17) is 11.6 Å². The van der Waals surface area contributed by atoms with Crippen molar-refractivity contribution in [3.63, 3.8) is 0 Å². The normalized spacial score (nSPS) is 14.2. The predicted octanol–water partition coefficient (Wildman–Crippen LogP) is 4.26. The van der Waals surface area contributed by atoms with Crippen LogP contribution in [0, 0.1) is 5.82 Å². The highest BCUT2D eigenvalue weighted by Crippen LogP contribution is 2.29. The Balaban J connectivity index is 1.65. The van der Waals surface area contributed by atoms with Crippen molar-refractivity contribution in [3.8, 4) is 0 Å². The summed E-state index contributed by atoms with van der Waals surface area (Å²) in [6, 6.07) is 11.0. The van der Waals surface area contributed by atoms with Gasteiger partial charge in [0.1, 0.15) is 5.82 Å². The molecule has 2 aromatic rings. The van der Waals surface area contributed by atoms with Crippen LogP contribution < -0.4 is 4.90 Å². The van der Waals surface area contributed by atoms with E-state index in [0.29, 0.717) is 36.9 Å². The smallest absolute Gasteiger partial charge is 0.324 e. The average Bonchev–Trinajstić information content (AvgIpc) is 2.68. The number of amides is 3. The van der Waals surface area contributed by atoms with Gasteiger partial charge in [-0.05, 0) is 30.3 Å². The lowest BCUT2D eigenvalue weighted by Crippen LogP contribution is -2.53. The van der Waals surface area contributed by atoms with Crippen LogP contribution in [0.3, 0.4) is 0 Å². The van der Waals surface area contributed by atoms with Crippen LogP contribution in [0.25, 0.3) is 0 Å². The number of hydrogen-bond donors (Lipinski definition) is 0. The van der Waals surface area contributed by atoms with E-state index in [2.05, 4.69) is 15.9 Å². The van der Waals surface area contributed by atoms with Gasteiger partial charge in [0.25, 0.3) is 5.91 Å². The Hall–Kier alpha value is -2.12. The second-order valence-electron chi connectivity index (χ2n) is 6.20. The van der Waals surface area contributed by atoms with E-state index in [1.54, 1.807) is 47.2 Å². The SMILES string of the molecule is CN(C(=O)N1CCN(C(=O)c2ccccc2F)CC1)c1cc(Br)ccc1Cl. The summed E-state index contributed by atoms with van der Waals surface area (Å²) in [6.07, 6.45) is 0. The van der Waals surface area contributed by atoms with Crippen molar-refractivity contribution in [2.45, 2.75) is 0 Å². The summed E-state index contributed by atoms with van der Waals surface area (Å²) in [6.45, 7) is 1.43. The molecule has 1 aliphatic heterocycles. The number of benzene rings is 2. The molecule has 0 aromatic heterocycles. The maximum absolute atomic E-state index is 13.8. The number of halogens is 3. The number of carbonyl (C=O) groups is 2. The zero-order valence-electron chi connectivity index (χ0n) is 14.7. The Kier molecular flexibility index (Phi) is 6.01. The Morgan fingerprint density at radius 2 is 1.70 bits per heavy atom. The standard InChI is InChI=1S/C19H18BrClFN3O2/c1-23(17-12-13(20)6-7-15(17)21)19(27)25-10-8-24(9-11-25)18(26)14-4-2-3-5-16(14)22/h2-7,12H,8-11H2,1H3. The molecule has 3 amide bonds. The first-order chi connectivity index (χ1) is 12.9. The maximum atomic E-state index is 13.8. The first kappa shape index (κ1) is 19.6. The molecule has 1 saturated heterocycles. The molecule has 0 bridgehead atoms. The summed E-state index contributed by atoms with van der Waals surface area (Å²) in [7, 11) is 1.66. The fourth-order valence-corrected chi connectivity index (χ4v) is 3.56. The van der Waals surface area contributed by atoms with Gasteiger partial charge < -0.3 is 9.80 Å². The maximum Gasteiger partial charge on any atom is 0.324 e. The van der Waals surface area contributed by atoms with Gasteiger partial charge in [0.05, 0.1) is 16.3 Å². The van der Waals surface area contributed by atoms with Crippen molar-refractivity contribution in [1.82, 2.24) is 9.80 Å². The summed E-state index contributed by atoms with van der Waals surface area (Å²) in [5, 5.41) is 0.474. The van der Waals surface area contributed by atoms with Crippen molar-refractivity contribution < 1.29 is 14.0 Å². The third kappa shape index (κ3) is 4.25. The van der Waals surface area contributed by atoms with Gasteiger partial charge in [-0.3, -0.25) is 9.69 Å². The van der Waals surface area contributed by atoms with Gasteiger partial charge in [-0.25, -0.2) is 9.18 Å². The molecule has 0 aliphatic carbocycles. The van der Waals surface area contributed by atoms with Crippen molar-refractivity contribution in [2.75, 3.05) is 38.1 Å². The Morgan fingerprint density at radius 1 is 1.07 bits per heavy atom. The minimum absolute atomic E-state index is 0.0512. The number of carbonyl (C=O) groups excluding carboxylic acids is 2. The van der Waals surface area contributed by atoms with Crippen LogP contribution in [0.15, 0.2) is 46.9 Å². The molecular formula is C19H18BrClFN3O2. The highest BCUT2D eigenvalue weighted by molar-refractivity contribution is 9.10. The highest BCUT2D eigenvalue weighted by atomic mass is 79.9. The molecule has 1 heterocycles. The van der Waals surface area contributed by atoms with Gasteiger partial charge in [-0.15, -0.1) is 0 Å². The molecule has 1 aliphatic rings. The third-order valence-electron chi connectivity index (χ3n) is 4.50. The highest BCUT2D eigenvalue weighted by Gasteiger charge is 2.28. The lowest BCUT2D eigenvalue weighted by molar-refractivity contribution is 0.0664. The molecule has 0 spiro atoms. The Labute approximate surface area is 170 Å². The molecule has 27 heavy (non-hydrogen) atoms. The number of nitrogens with zero attached hydrogens (tertiary/aromatic N) is 3. The van der Waals surface area contributed by atoms with Gasteiger partial charge in [-0.1, -0.05) is 39.7 Å². The topological polar surface area (TPSA) is 43.9 Å². The van der Waals surface area contributed by atoms with Crippen LogP contribution in [0.5, 0.6) is 0 Å². The van der Waals surface area contributed by atoms with E-state index in [9.17, 15) is 14.0 Å². The zero-order chi connectivity index (χ0) is 19.6. The van der Waals surface area contributed by atoms with Crippen LogP contribution in [-0.2, 0) is 0 Å². The van der Waals surface area contributed by atoms with Crippen LogP contribution in [0.2, 0.25) is 5.02 Å². The summed E-state index contributed by atoms with van der Waals surface area (Å²) in [5.41, 5.74) is 0.649. The third-order valence-corrected chi connectivity index (χ3v) is 5.31. The van der Waals surface area contributed by atoms with E-state index in [-0.39, 0.29) is 17.5 Å². The molecule has 2 aromatic carbocycles. The van der Waals surface area contributed by atoms with Crippen molar-refractivity contribution in [3.05, 3.63) is 63.3 Å². The monoisotopic (exact) mass is 453 g/mol. The Morgan fingerprint density at radius 3 is 2.37 bits per heavy atom. The van der Waals surface area contributed by atoms with Crippen molar-refractivity contribution >= 4 is 45.2 Å². The molecular weight excluding hydrogens is 437 g/mol. The van der Waals surface area contributed by atoms with E-state index in [1.165, 1.54) is 17.0 Å². The number of urea groups is 1. The van der Waals surface area contributed by atoms with Crippen LogP contribution in [-0.4, -0.2) is 55.0 Å². The number of anilines is 1. The molecule has 5 nitrogen and oxygen atoms in total. The first-order valence-electron chi connectivity index (χ1n) is 8.40. The summed E-state index contributed by atoms with van der Waals surface area (Å²) in [5.74, 6) is -0.895. The van der Waals surface area contributed by atoms with Gasteiger partial charge in [0, 0.05) is 37.7 Å². The molecule has 0 unspecified atom stereocenters. The largest absolute Gasteiger partial charge is 0.335 e. The van der Waals surface area contributed by atoms with E-state index in [1.807, 2.05) is 0 Å². The molecule has 0 saturated carbocycles. The van der Waals surface area contributed by atoms with Crippen molar-refractivity contribution in [2.24, 2.45) is 0 Å². The lowest BCUT2D eigenvalue weighted by Gasteiger charge is -2.36. The number of piperazine rings is 1. The van der Waals surface area contributed by atoms with Crippen molar-refractivity contribution in [1.29, 1.82) is 0 Å². The van der Waals surface area contributed by atoms with Gasteiger partial charge in [-0.2, -0.15) is 0 Å². The second-order valence-corrected chi connectivity index (χ2v) is 7.52. The van der Waals surface area contributed by atoms with Gasteiger partial charge in [0.2, 0.25) is 0 Å². The van der Waals surface area contributed by atoms with E-state index in [0.717, 1.165) is 4.47 Å². The van der Waals surface area contributed by atoms with Gasteiger partial charge >= 0.3 is 6.03 Å². The fourth-order valence-electron chi connectivity index (χ4n) is 2.96. The molecule has 1 fully saturated rings. The molecule has 0 atom stereocenters. The summed E-state index contributed by atoms with van der Waals surface area (Å²) < 4.78 is 14.7. The number of rotatable bonds is 2. The molecule has 0 N–H and O–H groups in total. The van der Waals surface area contributed by atoms with Crippen LogP contribution in [0.1, 0.15) is 10.4 Å². The quantitative estimate of drug-likeness (QED) is 0.681. The summed E-state index contributed by atoms with van der Waals surface area (Å²) >= 11 is 9.58. The van der Waals surface area contributed by atoms with E-state index >= 15 is 0 Å². The van der Waals surface area contributed by atoms with Gasteiger partial charge in [0.15, 0.2) is 0 Å².